The van der Waals surface area contributed by atoms with Gasteiger partial charge < -0.3 is 4.18 Å². The summed E-state index contributed by atoms with van der Waals surface area (Å²) in [5, 5.41) is 10.9. The van der Waals surface area contributed by atoms with Crippen LogP contribution in [0, 0.1) is 29.8 Å². The van der Waals surface area contributed by atoms with Crippen LogP contribution in [0.3, 0.4) is 0 Å². The molecule has 0 amide bonds. The Bertz CT molecular complexity index is 848. The lowest BCUT2D eigenvalue weighted by Gasteiger charge is -2.10. The lowest BCUT2D eigenvalue weighted by atomic mass is 10.2. The van der Waals surface area contributed by atoms with Crippen LogP contribution in [-0.4, -0.2) is 13.3 Å². The lowest BCUT2D eigenvalue weighted by molar-refractivity contribution is -0.385. The number of nitrogens with zero attached hydrogens (tertiary/aromatic N) is 1. The minimum absolute atomic E-state index is 0.128. The zero-order valence-electron chi connectivity index (χ0n) is 11.7. The van der Waals surface area contributed by atoms with Crippen molar-refractivity contribution in [3.63, 3.8) is 0 Å². The number of rotatable bonds is 4. The van der Waals surface area contributed by atoms with Gasteiger partial charge in [-0.25, -0.2) is 4.39 Å². The van der Waals surface area contributed by atoms with E-state index < -0.39 is 32.3 Å². The average molecular weight is 325 g/mol. The van der Waals surface area contributed by atoms with Crippen LogP contribution in [0.5, 0.6) is 5.75 Å². The van der Waals surface area contributed by atoms with Crippen LogP contribution in [0.2, 0.25) is 0 Å². The van der Waals surface area contributed by atoms with Gasteiger partial charge >= 0.3 is 15.8 Å². The van der Waals surface area contributed by atoms with Crippen molar-refractivity contribution in [1.82, 2.24) is 0 Å². The molecule has 2 aromatic carbocycles. The molecule has 0 heterocycles. The van der Waals surface area contributed by atoms with Crippen molar-refractivity contribution >= 4 is 15.8 Å². The number of hydrogen-bond donors (Lipinski definition) is 0. The van der Waals surface area contributed by atoms with Gasteiger partial charge in [0.05, 0.1) is 4.92 Å². The smallest absolute Gasteiger partial charge is 0.339 e. The summed E-state index contributed by atoms with van der Waals surface area (Å²) >= 11 is 0. The number of benzene rings is 2. The fourth-order valence-electron chi connectivity index (χ4n) is 1.95. The first-order valence-electron chi connectivity index (χ1n) is 6.16. The molecule has 0 aliphatic rings. The second kappa shape index (κ2) is 5.72. The van der Waals surface area contributed by atoms with Crippen LogP contribution in [0.4, 0.5) is 10.1 Å². The second-order valence-electron chi connectivity index (χ2n) is 4.68. The van der Waals surface area contributed by atoms with E-state index in [-0.39, 0.29) is 4.90 Å². The Kier molecular flexibility index (Phi) is 4.14. The molecular formula is C14H12FNO5S. The summed E-state index contributed by atoms with van der Waals surface area (Å²) in [6.07, 6.45) is 0. The SMILES string of the molecule is Cc1ccc(S(=O)(=O)Oc2cc(F)ccc2[N+](=O)[O-])c(C)c1. The van der Waals surface area contributed by atoms with E-state index in [2.05, 4.69) is 0 Å². The van der Waals surface area contributed by atoms with E-state index in [0.717, 1.165) is 17.7 Å². The van der Waals surface area contributed by atoms with E-state index in [1.165, 1.54) is 6.07 Å². The Morgan fingerprint density at radius 1 is 1.14 bits per heavy atom. The van der Waals surface area contributed by atoms with Gasteiger partial charge in [-0.2, -0.15) is 8.42 Å². The Labute approximate surface area is 126 Å². The van der Waals surface area contributed by atoms with E-state index in [1.807, 2.05) is 0 Å². The number of aryl methyl sites for hydroxylation is 2. The summed E-state index contributed by atoms with van der Waals surface area (Å²) in [5.74, 6) is -1.50. The van der Waals surface area contributed by atoms with Gasteiger partial charge in [0.2, 0.25) is 5.75 Å². The molecule has 8 heteroatoms. The molecular weight excluding hydrogens is 313 g/mol. The van der Waals surface area contributed by atoms with Crippen molar-refractivity contribution in [1.29, 1.82) is 0 Å². The molecule has 0 aliphatic carbocycles. The molecule has 0 fully saturated rings. The standard InChI is InChI=1S/C14H12FNO5S/c1-9-3-6-14(10(2)7-9)22(19,20)21-13-8-11(15)4-5-12(13)16(17)18/h3-8H,1-2H3. The van der Waals surface area contributed by atoms with Crippen LogP contribution < -0.4 is 4.18 Å². The Morgan fingerprint density at radius 2 is 1.82 bits per heavy atom. The van der Waals surface area contributed by atoms with Crippen molar-refractivity contribution in [2.24, 2.45) is 0 Å². The fraction of sp³-hybridized carbons (Fsp3) is 0.143. The van der Waals surface area contributed by atoms with Gasteiger partial charge in [0, 0.05) is 12.1 Å². The summed E-state index contributed by atoms with van der Waals surface area (Å²) in [7, 11) is -4.30. The fourth-order valence-corrected chi connectivity index (χ4v) is 3.10. The van der Waals surface area contributed by atoms with Crippen molar-refractivity contribution in [3.05, 3.63) is 63.5 Å². The summed E-state index contributed by atoms with van der Waals surface area (Å²) in [5.41, 5.74) is 0.655. The number of nitro groups is 1. The molecule has 6 nitrogen and oxygen atoms in total. The van der Waals surface area contributed by atoms with E-state index in [1.54, 1.807) is 26.0 Å². The molecule has 0 radical (unpaired) electrons. The second-order valence-corrected chi connectivity index (χ2v) is 6.19. The van der Waals surface area contributed by atoms with Gasteiger partial charge in [0.25, 0.3) is 0 Å². The van der Waals surface area contributed by atoms with Crippen molar-refractivity contribution < 1.29 is 21.9 Å². The van der Waals surface area contributed by atoms with Crippen LogP contribution in [0.25, 0.3) is 0 Å². The molecule has 0 atom stereocenters. The van der Waals surface area contributed by atoms with Gasteiger partial charge in [-0.05, 0) is 31.5 Å². The number of hydrogen-bond acceptors (Lipinski definition) is 5. The Hall–Kier alpha value is -2.48. The quantitative estimate of drug-likeness (QED) is 0.490. The van der Waals surface area contributed by atoms with E-state index >= 15 is 0 Å². The minimum Gasteiger partial charge on any atom is -0.371 e. The first-order valence-corrected chi connectivity index (χ1v) is 7.57. The van der Waals surface area contributed by atoms with Gasteiger partial charge in [0.1, 0.15) is 10.7 Å². The van der Waals surface area contributed by atoms with E-state index in [0.29, 0.717) is 11.6 Å². The van der Waals surface area contributed by atoms with Crippen LogP contribution in [0.1, 0.15) is 11.1 Å². The maximum Gasteiger partial charge on any atom is 0.339 e. The number of halogens is 1. The molecule has 0 bridgehead atoms. The first kappa shape index (κ1) is 15.9. The molecule has 2 aromatic rings. The predicted molar refractivity (Wildman–Crippen MR) is 76.8 cm³/mol. The maximum atomic E-state index is 13.2. The highest BCUT2D eigenvalue weighted by Crippen LogP contribution is 2.31. The predicted octanol–water partition coefficient (Wildman–Crippen LogP) is 3.12. The van der Waals surface area contributed by atoms with E-state index in [9.17, 15) is 22.9 Å². The average Bonchev–Trinajstić information content (AvgIpc) is 2.37. The summed E-state index contributed by atoms with van der Waals surface area (Å²) in [6.45, 7) is 3.37. The molecule has 0 aliphatic heterocycles. The maximum absolute atomic E-state index is 13.2. The minimum atomic E-state index is -4.30. The highest BCUT2D eigenvalue weighted by atomic mass is 32.2. The lowest BCUT2D eigenvalue weighted by Crippen LogP contribution is -2.12. The summed E-state index contributed by atoms with van der Waals surface area (Å²) in [4.78, 5) is 9.91. The topological polar surface area (TPSA) is 86.5 Å². The highest BCUT2D eigenvalue weighted by Gasteiger charge is 2.25. The molecule has 2 rings (SSSR count). The van der Waals surface area contributed by atoms with Crippen LogP contribution >= 0.6 is 0 Å². The molecule has 0 aromatic heterocycles. The zero-order chi connectivity index (χ0) is 16.5. The summed E-state index contributed by atoms with van der Waals surface area (Å²) in [6, 6.07) is 6.92. The largest absolute Gasteiger partial charge is 0.371 e. The molecule has 0 unspecified atom stereocenters. The monoisotopic (exact) mass is 325 g/mol. The third-order valence-corrected chi connectivity index (χ3v) is 4.31. The zero-order valence-corrected chi connectivity index (χ0v) is 12.6. The first-order chi connectivity index (χ1) is 10.2. The third kappa shape index (κ3) is 3.22. The molecule has 0 saturated carbocycles. The molecule has 0 spiro atoms. The Morgan fingerprint density at radius 3 is 2.41 bits per heavy atom. The molecule has 22 heavy (non-hydrogen) atoms. The van der Waals surface area contributed by atoms with Gasteiger partial charge in [-0.1, -0.05) is 17.7 Å². The number of nitro benzene ring substituents is 1. The molecule has 0 N–H and O–H groups in total. The highest BCUT2D eigenvalue weighted by molar-refractivity contribution is 7.87. The van der Waals surface area contributed by atoms with Crippen molar-refractivity contribution in [2.45, 2.75) is 18.7 Å². The van der Waals surface area contributed by atoms with Crippen molar-refractivity contribution in [2.75, 3.05) is 0 Å². The normalized spacial score (nSPS) is 11.2. The van der Waals surface area contributed by atoms with Crippen LogP contribution in [-0.2, 0) is 10.1 Å². The van der Waals surface area contributed by atoms with Crippen molar-refractivity contribution in [3.8, 4) is 5.75 Å². The summed E-state index contributed by atoms with van der Waals surface area (Å²) < 4.78 is 42.5. The van der Waals surface area contributed by atoms with E-state index in [4.69, 9.17) is 4.18 Å². The van der Waals surface area contributed by atoms with Gasteiger partial charge in [-0.3, -0.25) is 10.1 Å². The molecule has 0 saturated heterocycles. The Balaban J connectivity index is 2.49. The van der Waals surface area contributed by atoms with Crippen LogP contribution in [0.15, 0.2) is 41.3 Å². The van der Waals surface area contributed by atoms with Gasteiger partial charge in [0.15, 0.2) is 0 Å². The van der Waals surface area contributed by atoms with Gasteiger partial charge in [-0.15, -0.1) is 0 Å². The molecule has 116 valence electrons. The third-order valence-electron chi connectivity index (χ3n) is 2.92.